The second-order valence-corrected chi connectivity index (χ2v) is 7.63. The minimum absolute atomic E-state index is 0.147. The minimum Gasteiger partial charge on any atom is -0.493 e. The molecule has 1 aromatic carbocycles. The van der Waals surface area contributed by atoms with E-state index in [2.05, 4.69) is 34.5 Å². The quantitative estimate of drug-likeness (QED) is 0.779. The van der Waals surface area contributed by atoms with Crippen molar-refractivity contribution in [3.05, 3.63) is 45.6 Å². The predicted octanol–water partition coefficient (Wildman–Crippen LogP) is 3.19. The number of thiophene rings is 1. The van der Waals surface area contributed by atoms with Crippen molar-refractivity contribution in [3.63, 3.8) is 0 Å². The van der Waals surface area contributed by atoms with Crippen LogP contribution in [0.15, 0.2) is 29.6 Å². The van der Waals surface area contributed by atoms with E-state index in [9.17, 15) is 4.79 Å². The Morgan fingerprint density at radius 1 is 1.27 bits per heavy atom. The number of rotatable bonds is 6. The van der Waals surface area contributed by atoms with E-state index in [1.807, 2.05) is 14.1 Å². The molecule has 0 unspecified atom stereocenters. The van der Waals surface area contributed by atoms with Crippen LogP contribution in [-0.4, -0.2) is 57.1 Å². The Balaban J connectivity index is 1.96. The van der Waals surface area contributed by atoms with Gasteiger partial charge >= 0.3 is 0 Å². The summed E-state index contributed by atoms with van der Waals surface area (Å²) in [7, 11) is 6.95. The summed E-state index contributed by atoms with van der Waals surface area (Å²) in [5.41, 5.74) is 2.53. The number of carbonyl (C=O) groups is 1. The number of hydrogen-bond donors (Lipinski definition) is 0. The molecule has 6 heteroatoms. The molecule has 26 heavy (non-hydrogen) atoms. The van der Waals surface area contributed by atoms with Crippen LogP contribution in [0.1, 0.15) is 28.5 Å². The summed E-state index contributed by atoms with van der Waals surface area (Å²) in [5.74, 6) is 1.68. The Morgan fingerprint density at radius 3 is 2.62 bits per heavy atom. The average Bonchev–Trinajstić information content (AvgIpc) is 3.18. The molecule has 3 rings (SSSR count). The molecule has 2 heterocycles. The maximum absolute atomic E-state index is 12.1. The topological polar surface area (TPSA) is 42.0 Å². The molecule has 0 aliphatic carbocycles. The van der Waals surface area contributed by atoms with Crippen LogP contribution in [0.4, 0.5) is 0 Å². The molecule has 1 aliphatic rings. The number of benzene rings is 1. The summed E-state index contributed by atoms with van der Waals surface area (Å²) in [6, 6.07) is 8.59. The molecular weight excluding hydrogens is 348 g/mol. The molecule has 0 fully saturated rings. The van der Waals surface area contributed by atoms with E-state index in [1.165, 1.54) is 16.0 Å². The van der Waals surface area contributed by atoms with Crippen LogP contribution in [0, 0.1) is 0 Å². The Labute approximate surface area is 159 Å². The van der Waals surface area contributed by atoms with Gasteiger partial charge in [-0.05, 0) is 41.1 Å². The number of ether oxygens (including phenoxy) is 2. The van der Waals surface area contributed by atoms with Crippen molar-refractivity contribution in [2.75, 3.05) is 41.4 Å². The summed E-state index contributed by atoms with van der Waals surface area (Å²) < 4.78 is 11.0. The first-order valence-electron chi connectivity index (χ1n) is 8.77. The smallest absolute Gasteiger partial charge is 0.223 e. The van der Waals surface area contributed by atoms with Crippen LogP contribution in [0.2, 0.25) is 0 Å². The number of amides is 1. The lowest BCUT2D eigenvalue weighted by molar-refractivity contribution is -0.129. The third kappa shape index (κ3) is 3.71. The lowest BCUT2D eigenvalue weighted by atomic mass is 9.90. The zero-order chi connectivity index (χ0) is 18.7. The van der Waals surface area contributed by atoms with E-state index < -0.39 is 0 Å². The highest BCUT2D eigenvalue weighted by Gasteiger charge is 2.31. The minimum atomic E-state index is 0.147. The van der Waals surface area contributed by atoms with Crippen LogP contribution in [0.25, 0.3) is 0 Å². The van der Waals surface area contributed by atoms with E-state index >= 15 is 0 Å². The van der Waals surface area contributed by atoms with Crippen LogP contribution in [-0.2, 0) is 11.2 Å². The van der Waals surface area contributed by atoms with E-state index in [-0.39, 0.29) is 11.9 Å². The maximum Gasteiger partial charge on any atom is 0.223 e. The van der Waals surface area contributed by atoms with Crippen LogP contribution >= 0.6 is 11.3 Å². The molecular formula is C20H26N2O3S. The highest BCUT2D eigenvalue weighted by atomic mass is 32.1. The lowest BCUT2D eigenvalue weighted by Gasteiger charge is -2.37. The summed E-state index contributed by atoms with van der Waals surface area (Å²) in [5, 5.41) is 2.10. The van der Waals surface area contributed by atoms with Gasteiger partial charge in [-0.1, -0.05) is 6.07 Å². The van der Waals surface area contributed by atoms with Gasteiger partial charge in [-0.25, -0.2) is 0 Å². The first kappa shape index (κ1) is 18.7. The molecule has 0 spiro atoms. The second kappa shape index (κ2) is 8.10. The highest BCUT2D eigenvalue weighted by Crippen LogP contribution is 2.42. The van der Waals surface area contributed by atoms with Crippen molar-refractivity contribution in [1.29, 1.82) is 0 Å². The van der Waals surface area contributed by atoms with E-state index in [4.69, 9.17) is 9.47 Å². The number of nitrogens with zero attached hydrogens (tertiary/aromatic N) is 2. The van der Waals surface area contributed by atoms with Gasteiger partial charge in [0.15, 0.2) is 11.5 Å². The fourth-order valence-electron chi connectivity index (χ4n) is 3.48. The maximum atomic E-state index is 12.1. The average molecular weight is 375 g/mol. The van der Waals surface area contributed by atoms with E-state index in [0.717, 1.165) is 31.0 Å². The Hall–Kier alpha value is -2.05. The molecule has 1 amide bonds. The number of fused-ring (bicyclic) bond motifs is 1. The molecule has 0 N–H and O–H groups in total. The number of carbonyl (C=O) groups excluding carboxylic acids is 1. The monoisotopic (exact) mass is 374 g/mol. The molecule has 0 radical (unpaired) electrons. The van der Waals surface area contributed by atoms with Crippen molar-refractivity contribution >= 4 is 17.2 Å². The third-order valence-electron chi connectivity index (χ3n) is 4.90. The molecule has 1 aliphatic heterocycles. The summed E-state index contributed by atoms with van der Waals surface area (Å²) in [4.78, 5) is 17.4. The van der Waals surface area contributed by atoms with Crippen molar-refractivity contribution in [2.45, 2.75) is 18.9 Å². The van der Waals surface area contributed by atoms with Crippen molar-refractivity contribution < 1.29 is 14.3 Å². The standard InChI is InChI=1S/C20H26N2O3S/c1-21(2)19(23)8-10-22-9-7-14-12-16(24-3)17(25-4)13-15(14)20(22)18-6-5-11-26-18/h5-6,11-13,20H,7-10H2,1-4H3/t20-/m1/s1. The van der Waals surface area contributed by atoms with Gasteiger partial charge in [0, 0.05) is 38.5 Å². The van der Waals surface area contributed by atoms with Gasteiger partial charge in [-0.2, -0.15) is 0 Å². The SMILES string of the molecule is COc1cc2c(cc1OC)[C@H](c1cccs1)N(CCC(=O)N(C)C)CC2. The molecule has 0 saturated carbocycles. The predicted molar refractivity (Wildman–Crippen MR) is 104 cm³/mol. The summed E-state index contributed by atoms with van der Waals surface area (Å²) >= 11 is 1.75. The summed E-state index contributed by atoms with van der Waals surface area (Å²) in [6.07, 6.45) is 1.46. The van der Waals surface area contributed by atoms with Crippen LogP contribution < -0.4 is 9.47 Å². The molecule has 0 saturated heterocycles. The summed E-state index contributed by atoms with van der Waals surface area (Å²) in [6.45, 7) is 1.67. The van der Waals surface area contributed by atoms with Crippen molar-refractivity contribution in [3.8, 4) is 11.5 Å². The van der Waals surface area contributed by atoms with Gasteiger partial charge in [-0.15, -0.1) is 11.3 Å². The lowest BCUT2D eigenvalue weighted by Crippen LogP contribution is -2.38. The van der Waals surface area contributed by atoms with Crippen molar-refractivity contribution in [2.24, 2.45) is 0 Å². The van der Waals surface area contributed by atoms with Gasteiger partial charge in [0.2, 0.25) is 5.91 Å². The third-order valence-corrected chi connectivity index (χ3v) is 5.82. The Morgan fingerprint density at radius 2 is 2.00 bits per heavy atom. The van der Waals surface area contributed by atoms with Crippen LogP contribution in [0.5, 0.6) is 11.5 Å². The zero-order valence-corrected chi connectivity index (χ0v) is 16.6. The van der Waals surface area contributed by atoms with E-state index in [1.54, 1.807) is 30.5 Å². The van der Waals surface area contributed by atoms with Gasteiger partial charge in [0.05, 0.1) is 20.3 Å². The molecule has 1 aromatic heterocycles. The first-order valence-corrected chi connectivity index (χ1v) is 9.65. The number of methoxy groups -OCH3 is 2. The van der Waals surface area contributed by atoms with Gasteiger partial charge in [-0.3, -0.25) is 9.69 Å². The Kier molecular flexibility index (Phi) is 5.84. The molecule has 0 bridgehead atoms. The largest absolute Gasteiger partial charge is 0.493 e. The molecule has 5 nitrogen and oxygen atoms in total. The first-order chi connectivity index (χ1) is 12.5. The second-order valence-electron chi connectivity index (χ2n) is 6.65. The fraction of sp³-hybridized carbons (Fsp3) is 0.450. The normalized spacial score (nSPS) is 16.8. The zero-order valence-electron chi connectivity index (χ0n) is 15.8. The molecule has 1 atom stereocenters. The highest BCUT2D eigenvalue weighted by molar-refractivity contribution is 7.10. The molecule has 140 valence electrons. The van der Waals surface area contributed by atoms with Gasteiger partial charge in [0.1, 0.15) is 0 Å². The van der Waals surface area contributed by atoms with E-state index in [0.29, 0.717) is 6.42 Å². The Bertz CT molecular complexity index is 759. The fourth-order valence-corrected chi connectivity index (χ4v) is 4.36. The van der Waals surface area contributed by atoms with Gasteiger partial charge < -0.3 is 14.4 Å². The molecule has 2 aromatic rings. The number of hydrogen-bond acceptors (Lipinski definition) is 5. The van der Waals surface area contributed by atoms with Gasteiger partial charge in [0.25, 0.3) is 0 Å². The van der Waals surface area contributed by atoms with Crippen molar-refractivity contribution in [1.82, 2.24) is 9.80 Å². The van der Waals surface area contributed by atoms with Crippen LogP contribution in [0.3, 0.4) is 0 Å².